The summed E-state index contributed by atoms with van der Waals surface area (Å²) in [5.74, 6) is 1.40. The summed E-state index contributed by atoms with van der Waals surface area (Å²) in [7, 11) is 3.02. The van der Waals surface area contributed by atoms with Crippen molar-refractivity contribution < 1.29 is 14.6 Å². The van der Waals surface area contributed by atoms with Gasteiger partial charge in [0.1, 0.15) is 11.6 Å². The number of rotatable bonds is 3. The first-order valence-electron chi connectivity index (χ1n) is 4.91. The molecule has 1 aromatic heterocycles. The Bertz CT molecular complexity index is 537. The summed E-state index contributed by atoms with van der Waals surface area (Å²) in [6, 6.07) is 3.02. The molecule has 0 bridgehead atoms. The first kappa shape index (κ1) is 11.1. The Balaban J connectivity index is 2.68. The second kappa shape index (κ2) is 4.25. The van der Waals surface area contributed by atoms with Crippen LogP contribution >= 0.6 is 0 Å². The zero-order chi connectivity index (χ0) is 12.4. The second-order valence-corrected chi connectivity index (χ2v) is 3.43. The number of aromatic nitrogens is 2. The van der Waals surface area contributed by atoms with Gasteiger partial charge in [-0.25, -0.2) is 0 Å². The SMILES string of the molecule is COc1cc(O)cc(-c2cn[nH]c2N)c1OC. The molecule has 90 valence electrons. The molecule has 0 spiro atoms. The van der Waals surface area contributed by atoms with E-state index >= 15 is 0 Å². The summed E-state index contributed by atoms with van der Waals surface area (Å²) >= 11 is 0. The highest BCUT2D eigenvalue weighted by atomic mass is 16.5. The number of H-pyrrole nitrogens is 1. The number of hydrogen-bond donors (Lipinski definition) is 3. The maximum atomic E-state index is 9.63. The molecule has 17 heavy (non-hydrogen) atoms. The number of hydrogen-bond acceptors (Lipinski definition) is 5. The lowest BCUT2D eigenvalue weighted by atomic mass is 10.1. The molecule has 0 saturated heterocycles. The van der Waals surface area contributed by atoms with Gasteiger partial charge in [-0.05, 0) is 6.07 Å². The molecule has 6 heteroatoms. The molecule has 0 aliphatic rings. The molecule has 0 saturated carbocycles. The average Bonchev–Trinajstić information content (AvgIpc) is 2.74. The van der Waals surface area contributed by atoms with E-state index in [4.69, 9.17) is 15.2 Å². The van der Waals surface area contributed by atoms with Crippen molar-refractivity contribution in [2.24, 2.45) is 0 Å². The van der Waals surface area contributed by atoms with Gasteiger partial charge in [0.2, 0.25) is 0 Å². The molecule has 6 nitrogen and oxygen atoms in total. The van der Waals surface area contributed by atoms with Crippen LogP contribution in [0.3, 0.4) is 0 Å². The Hall–Kier alpha value is -2.37. The first-order chi connectivity index (χ1) is 8.17. The van der Waals surface area contributed by atoms with Gasteiger partial charge in [0, 0.05) is 17.2 Å². The third kappa shape index (κ3) is 1.84. The van der Waals surface area contributed by atoms with Crippen LogP contribution in [0.15, 0.2) is 18.3 Å². The number of anilines is 1. The summed E-state index contributed by atoms with van der Waals surface area (Å²) in [6.07, 6.45) is 1.56. The van der Waals surface area contributed by atoms with Crippen molar-refractivity contribution in [2.45, 2.75) is 0 Å². The third-order valence-electron chi connectivity index (χ3n) is 2.42. The van der Waals surface area contributed by atoms with E-state index in [1.165, 1.54) is 20.3 Å². The molecule has 4 N–H and O–H groups in total. The number of nitrogens with two attached hydrogens (primary N) is 1. The molecule has 1 aromatic carbocycles. The van der Waals surface area contributed by atoms with Crippen LogP contribution in [0.2, 0.25) is 0 Å². The summed E-state index contributed by atoms with van der Waals surface area (Å²) < 4.78 is 10.4. The van der Waals surface area contributed by atoms with E-state index in [9.17, 15) is 5.11 Å². The number of phenols is 1. The highest BCUT2D eigenvalue weighted by Crippen LogP contribution is 2.42. The normalized spacial score (nSPS) is 10.2. The summed E-state index contributed by atoms with van der Waals surface area (Å²) in [5.41, 5.74) is 7.01. The van der Waals surface area contributed by atoms with Crippen molar-refractivity contribution in [3.05, 3.63) is 18.3 Å². The number of methoxy groups -OCH3 is 2. The van der Waals surface area contributed by atoms with Crippen LogP contribution in [0.4, 0.5) is 5.82 Å². The van der Waals surface area contributed by atoms with Crippen LogP contribution in [-0.4, -0.2) is 29.5 Å². The molecule has 0 atom stereocenters. The van der Waals surface area contributed by atoms with Crippen LogP contribution in [0.1, 0.15) is 0 Å². The van der Waals surface area contributed by atoms with Gasteiger partial charge < -0.3 is 20.3 Å². The summed E-state index contributed by atoms with van der Waals surface area (Å²) in [6.45, 7) is 0. The van der Waals surface area contributed by atoms with Crippen LogP contribution in [0.5, 0.6) is 17.2 Å². The molecule has 2 aromatic rings. The predicted octanol–water partition coefficient (Wildman–Crippen LogP) is 1.38. The number of ether oxygens (including phenoxy) is 2. The maximum Gasteiger partial charge on any atom is 0.168 e. The fourth-order valence-corrected chi connectivity index (χ4v) is 1.66. The number of aromatic amines is 1. The Morgan fingerprint density at radius 3 is 2.53 bits per heavy atom. The van der Waals surface area contributed by atoms with Gasteiger partial charge >= 0.3 is 0 Å². The second-order valence-electron chi connectivity index (χ2n) is 3.43. The average molecular weight is 235 g/mol. The number of nitrogens with one attached hydrogen (secondary N) is 1. The number of benzene rings is 1. The van der Waals surface area contributed by atoms with E-state index < -0.39 is 0 Å². The monoisotopic (exact) mass is 235 g/mol. The van der Waals surface area contributed by atoms with E-state index in [1.54, 1.807) is 12.3 Å². The number of nitrogens with zero attached hydrogens (tertiary/aromatic N) is 1. The maximum absolute atomic E-state index is 9.63. The number of aromatic hydroxyl groups is 1. The standard InChI is InChI=1S/C11H13N3O3/c1-16-9-4-6(15)3-7(10(9)17-2)8-5-13-14-11(8)12/h3-5,15H,1-2H3,(H3,12,13,14). The lowest BCUT2D eigenvalue weighted by Gasteiger charge is -2.12. The first-order valence-corrected chi connectivity index (χ1v) is 4.91. The van der Waals surface area contributed by atoms with Crippen molar-refractivity contribution >= 4 is 5.82 Å². The largest absolute Gasteiger partial charge is 0.508 e. The van der Waals surface area contributed by atoms with Gasteiger partial charge in [-0.15, -0.1) is 0 Å². The van der Waals surface area contributed by atoms with Gasteiger partial charge in [0.15, 0.2) is 11.5 Å². The molecule has 0 aliphatic carbocycles. The minimum absolute atomic E-state index is 0.0678. The summed E-state index contributed by atoms with van der Waals surface area (Å²) in [4.78, 5) is 0. The Labute approximate surface area is 98.0 Å². The quantitative estimate of drug-likeness (QED) is 0.747. The van der Waals surface area contributed by atoms with Gasteiger partial charge in [0.25, 0.3) is 0 Å². The molecular weight excluding hydrogens is 222 g/mol. The zero-order valence-corrected chi connectivity index (χ0v) is 9.52. The number of nitrogen functional groups attached to an aromatic ring is 1. The van der Waals surface area contributed by atoms with Gasteiger partial charge in [-0.3, -0.25) is 5.10 Å². The molecule has 0 aliphatic heterocycles. The smallest absolute Gasteiger partial charge is 0.168 e. The highest BCUT2D eigenvalue weighted by Gasteiger charge is 2.16. The fourth-order valence-electron chi connectivity index (χ4n) is 1.66. The lowest BCUT2D eigenvalue weighted by Crippen LogP contribution is -1.95. The molecular formula is C11H13N3O3. The fraction of sp³-hybridized carbons (Fsp3) is 0.182. The number of phenolic OH excluding ortho intramolecular Hbond substituents is 1. The Kier molecular flexibility index (Phi) is 2.78. The molecule has 0 fully saturated rings. The van der Waals surface area contributed by atoms with Gasteiger partial charge in [-0.2, -0.15) is 5.10 Å². The van der Waals surface area contributed by atoms with E-state index in [2.05, 4.69) is 10.2 Å². The molecule has 1 heterocycles. The van der Waals surface area contributed by atoms with Crippen molar-refractivity contribution in [3.63, 3.8) is 0 Å². The highest BCUT2D eigenvalue weighted by molar-refractivity contribution is 5.81. The van der Waals surface area contributed by atoms with Crippen LogP contribution in [0.25, 0.3) is 11.1 Å². The zero-order valence-electron chi connectivity index (χ0n) is 9.52. The van der Waals surface area contributed by atoms with Crippen molar-refractivity contribution in [1.29, 1.82) is 0 Å². The van der Waals surface area contributed by atoms with Crippen LogP contribution in [-0.2, 0) is 0 Å². The Morgan fingerprint density at radius 2 is 2.00 bits per heavy atom. The van der Waals surface area contributed by atoms with Crippen LogP contribution < -0.4 is 15.2 Å². The molecule has 0 radical (unpaired) electrons. The lowest BCUT2D eigenvalue weighted by molar-refractivity contribution is 0.352. The third-order valence-corrected chi connectivity index (χ3v) is 2.42. The van der Waals surface area contributed by atoms with Crippen molar-refractivity contribution in [2.75, 3.05) is 20.0 Å². The van der Waals surface area contributed by atoms with E-state index in [1.807, 2.05) is 0 Å². The topological polar surface area (TPSA) is 93.4 Å². The molecule has 2 rings (SSSR count). The minimum Gasteiger partial charge on any atom is -0.508 e. The van der Waals surface area contributed by atoms with Crippen molar-refractivity contribution in [3.8, 4) is 28.4 Å². The van der Waals surface area contributed by atoms with Gasteiger partial charge in [0.05, 0.1) is 20.4 Å². The predicted molar refractivity (Wildman–Crippen MR) is 63.2 cm³/mol. The molecule has 0 amide bonds. The van der Waals surface area contributed by atoms with E-state index in [0.29, 0.717) is 28.4 Å². The Morgan fingerprint density at radius 1 is 1.24 bits per heavy atom. The van der Waals surface area contributed by atoms with Crippen LogP contribution in [0, 0.1) is 0 Å². The van der Waals surface area contributed by atoms with E-state index in [0.717, 1.165) is 0 Å². The summed E-state index contributed by atoms with van der Waals surface area (Å²) in [5, 5.41) is 16.1. The van der Waals surface area contributed by atoms with Crippen molar-refractivity contribution in [1.82, 2.24) is 10.2 Å². The minimum atomic E-state index is 0.0678. The molecule has 0 unspecified atom stereocenters. The van der Waals surface area contributed by atoms with E-state index in [-0.39, 0.29) is 5.75 Å². The van der Waals surface area contributed by atoms with Gasteiger partial charge in [-0.1, -0.05) is 0 Å².